The molecule has 0 bridgehead atoms. The molecule has 0 spiro atoms. The molecule has 1 aliphatic rings. The third-order valence-corrected chi connectivity index (χ3v) is 5.70. The highest BCUT2D eigenvalue weighted by Crippen LogP contribution is 2.25. The molecule has 31 heavy (non-hydrogen) atoms. The van der Waals surface area contributed by atoms with Gasteiger partial charge >= 0.3 is 0 Å². The monoisotopic (exact) mass is 418 g/mol. The van der Waals surface area contributed by atoms with Gasteiger partial charge in [0.15, 0.2) is 5.82 Å². The Morgan fingerprint density at radius 3 is 2.55 bits per heavy atom. The molecule has 4 rings (SSSR count). The van der Waals surface area contributed by atoms with Gasteiger partial charge < -0.3 is 10.2 Å². The number of hydrogen-bond acceptors (Lipinski definition) is 4. The summed E-state index contributed by atoms with van der Waals surface area (Å²) in [6, 6.07) is 16.1. The van der Waals surface area contributed by atoms with Gasteiger partial charge in [-0.05, 0) is 66.8 Å². The van der Waals surface area contributed by atoms with Gasteiger partial charge in [-0.2, -0.15) is 0 Å². The predicted molar refractivity (Wildman–Crippen MR) is 122 cm³/mol. The Kier molecular flexibility index (Phi) is 6.26. The van der Waals surface area contributed by atoms with Gasteiger partial charge in [0, 0.05) is 30.5 Å². The molecule has 1 atom stereocenters. The van der Waals surface area contributed by atoms with Crippen molar-refractivity contribution in [1.29, 1.82) is 0 Å². The van der Waals surface area contributed by atoms with Gasteiger partial charge in [-0.25, -0.2) is 14.4 Å². The number of anilines is 2. The summed E-state index contributed by atoms with van der Waals surface area (Å²) in [5.74, 6) is 1.44. The molecule has 1 aromatic heterocycles. The first-order valence-electron chi connectivity index (χ1n) is 10.7. The van der Waals surface area contributed by atoms with Crippen LogP contribution in [0.5, 0.6) is 0 Å². The predicted octanol–water partition coefficient (Wildman–Crippen LogP) is 5.26. The minimum absolute atomic E-state index is 0.0369. The lowest BCUT2D eigenvalue weighted by atomic mass is 9.97. The lowest BCUT2D eigenvalue weighted by molar-refractivity contribution is -0.120. The normalized spacial score (nSPS) is 16.4. The number of piperidine rings is 1. The van der Waals surface area contributed by atoms with E-state index in [0.717, 1.165) is 36.5 Å². The molecule has 6 heteroatoms. The van der Waals surface area contributed by atoms with Gasteiger partial charge in [0.1, 0.15) is 11.6 Å². The van der Waals surface area contributed by atoms with Crippen LogP contribution < -0.4 is 10.2 Å². The van der Waals surface area contributed by atoms with Crippen LogP contribution in [-0.4, -0.2) is 29.0 Å². The van der Waals surface area contributed by atoms with Crippen molar-refractivity contribution in [3.63, 3.8) is 0 Å². The van der Waals surface area contributed by atoms with Crippen LogP contribution in [0.3, 0.4) is 0 Å². The summed E-state index contributed by atoms with van der Waals surface area (Å²) in [5.41, 5.74) is 2.84. The van der Waals surface area contributed by atoms with Crippen LogP contribution in [0.15, 0.2) is 60.8 Å². The number of carbonyl (C=O) groups is 1. The molecule has 1 fully saturated rings. The van der Waals surface area contributed by atoms with E-state index in [-0.39, 0.29) is 17.6 Å². The Balaban J connectivity index is 1.44. The van der Waals surface area contributed by atoms with Gasteiger partial charge in [-0.15, -0.1) is 0 Å². The number of halogens is 1. The fraction of sp³-hybridized carbons (Fsp3) is 0.320. The average molecular weight is 419 g/mol. The largest absolute Gasteiger partial charge is 0.356 e. The minimum Gasteiger partial charge on any atom is -0.356 e. The Morgan fingerprint density at radius 2 is 1.84 bits per heavy atom. The molecule has 0 radical (unpaired) electrons. The van der Waals surface area contributed by atoms with Gasteiger partial charge in [-0.1, -0.05) is 26.0 Å². The van der Waals surface area contributed by atoms with Crippen LogP contribution in [0.4, 0.5) is 15.9 Å². The Morgan fingerprint density at radius 1 is 1.10 bits per heavy atom. The fourth-order valence-electron chi connectivity index (χ4n) is 3.86. The van der Waals surface area contributed by atoms with E-state index in [1.54, 1.807) is 18.3 Å². The number of nitrogens with one attached hydrogen (secondary N) is 1. The number of carbonyl (C=O) groups excluding carboxylic acids is 1. The van der Waals surface area contributed by atoms with E-state index >= 15 is 0 Å². The summed E-state index contributed by atoms with van der Waals surface area (Å²) in [7, 11) is 0. The highest BCUT2D eigenvalue weighted by atomic mass is 19.1. The zero-order valence-electron chi connectivity index (χ0n) is 17.9. The Labute approximate surface area is 182 Å². The first-order chi connectivity index (χ1) is 15.0. The van der Waals surface area contributed by atoms with E-state index in [4.69, 9.17) is 0 Å². The molecule has 0 aliphatic carbocycles. The maximum absolute atomic E-state index is 13.2. The molecule has 1 N–H and O–H groups in total. The Hall–Kier alpha value is -3.28. The molecule has 160 valence electrons. The molecule has 0 unspecified atom stereocenters. The lowest BCUT2D eigenvalue weighted by Crippen LogP contribution is -2.41. The van der Waals surface area contributed by atoms with Crippen LogP contribution in [0.1, 0.15) is 38.2 Å². The van der Waals surface area contributed by atoms with E-state index in [1.165, 1.54) is 17.7 Å². The molecule has 1 saturated heterocycles. The quantitative estimate of drug-likeness (QED) is 0.614. The fourth-order valence-corrected chi connectivity index (χ4v) is 3.86. The highest BCUT2D eigenvalue weighted by molar-refractivity contribution is 5.93. The number of benzene rings is 2. The molecule has 5 nitrogen and oxygen atoms in total. The second kappa shape index (κ2) is 9.25. The number of hydrogen-bond donors (Lipinski definition) is 1. The molecular weight excluding hydrogens is 391 g/mol. The maximum Gasteiger partial charge on any atom is 0.229 e. The SMILES string of the molecule is CC(C)c1ccc(NC(=O)[C@H]2CCCN(c3ccnc(-c4ccc(F)cc4)n3)C2)cc1. The smallest absolute Gasteiger partial charge is 0.229 e. The van der Waals surface area contributed by atoms with Crippen molar-refractivity contribution >= 4 is 17.4 Å². The van der Waals surface area contributed by atoms with E-state index in [1.807, 2.05) is 18.2 Å². The number of amides is 1. The second-order valence-electron chi connectivity index (χ2n) is 8.30. The summed E-state index contributed by atoms with van der Waals surface area (Å²) in [4.78, 5) is 24.0. The Bertz CT molecular complexity index is 1030. The summed E-state index contributed by atoms with van der Waals surface area (Å²) in [6.45, 7) is 5.75. The van der Waals surface area contributed by atoms with E-state index in [9.17, 15) is 9.18 Å². The first-order valence-corrected chi connectivity index (χ1v) is 10.7. The summed E-state index contributed by atoms with van der Waals surface area (Å²) < 4.78 is 13.2. The molecule has 2 aromatic carbocycles. The van der Waals surface area contributed by atoms with Crippen LogP contribution in [0, 0.1) is 11.7 Å². The standard InChI is InChI=1S/C25H27FN4O/c1-17(2)18-7-11-22(12-8-18)28-25(31)20-4-3-15-30(16-20)23-13-14-27-24(29-23)19-5-9-21(26)10-6-19/h5-14,17,20H,3-4,15-16H2,1-2H3,(H,28,31)/t20-/m0/s1. The maximum atomic E-state index is 13.2. The lowest BCUT2D eigenvalue weighted by Gasteiger charge is -2.33. The van der Waals surface area contributed by atoms with Crippen LogP contribution >= 0.6 is 0 Å². The topological polar surface area (TPSA) is 58.1 Å². The third kappa shape index (κ3) is 5.08. The summed E-state index contributed by atoms with van der Waals surface area (Å²) in [6.07, 6.45) is 3.48. The average Bonchev–Trinajstić information content (AvgIpc) is 2.80. The van der Waals surface area contributed by atoms with Crippen LogP contribution in [0.25, 0.3) is 11.4 Å². The third-order valence-electron chi connectivity index (χ3n) is 5.70. The van der Waals surface area contributed by atoms with Crippen molar-refractivity contribution < 1.29 is 9.18 Å². The van der Waals surface area contributed by atoms with Gasteiger partial charge in [0.2, 0.25) is 5.91 Å². The van der Waals surface area contributed by atoms with Crippen molar-refractivity contribution in [2.45, 2.75) is 32.6 Å². The second-order valence-corrected chi connectivity index (χ2v) is 8.30. The minimum atomic E-state index is -0.288. The van der Waals surface area contributed by atoms with Gasteiger partial charge in [0.05, 0.1) is 5.92 Å². The van der Waals surface area contributed by atoms with Crippen molar-refractivity contribution in [2.24, 2.45) is 5.92 Å². The molecule has 3 aromatic rings. The molecule has 1 amide bonds. The van der Waals surface area contributed by atoms with Crippen molar-refractivity contribution in [1.82, 2.24) is 9.97 Å². The van der Waals surface area contributed by atoms with Crippen molar-refractivity contribution in [2.75, 3.05) is 23.3 Å². The van der Waals surface area contributed by atoms with Crippen LogP contribution in [-0.2, 0) is 4.79 Å². The first kappa shape index (κ1) is 21.0. The molecule has 2 heterocycles. The number of rotatable bonds is 5. The van der Waals surface area contributed by atoms with E-state index in [2.05, 4.69) is 46.2 Å². The van der Waals surface area contributed by atoms with Gasteiger partial charge in [-0.3, -0.25) is 4.79 Å². The molecule has 0 saturated carbocycles. The van der Waals surface area contributed by atoms with Gasteiger partial charge in [0.25, 0.3) is 0 Å². The van der Waals surface area contributed by atoms with Crippen LogP contribution in [0.2, 0.25) is 0 Å². The van der Waals surface area contributed by atoms with Crippen molar-refractivity contribution in [3.8, 4) is 11.4 Å². The van der Waals surface area contributed by atoms with E-state index < -0.39 is 0 Å². The zero-order valence-corrected chi connectivity index (χ0v) is 17.9. The molecule has 1 aliphatic heterocycles. The number of nitrogens with zero attached hydrogens (tertiary/aromatic N) is 3. The highest BCUT2D eigenvalue weighted by Gasteiger charge is 2.27. The van der Waals surface area contributed by atoms with E-state index in [0.29, 0.717) is 18.3 Å². The molecular formula is C25H27FN4O. The number of aromatic nitrogens is 2. The summed E-state index contributed by atoms with van der Waals surface area (Å²) >= 11 is 0. The zero-order chi connectivity index (χ0) is 21.8. The van der Waals surface area contributed by atoms with Crippen molar-refractivity contribution in [3.05, 3.63) is 72.2 Å². The summed E-state index contributed by atoms with van der Waals surface area (Å²) in [5, 5.41) is 3.06.